The van der Waals surface area contributed by atoms with Gasteiger partial charge in [-0.3, -0.25) is 4.98 Å². The monoisotopic (exact) mass is 474 g/mol. The molecule has 4 aromatic rings. The van der Waals surface area contributed by atoms with Crippen molar-refractivity contribution in [3.8, 4) is 0 Å². The number of fused-ring (bicyclic) bond motifs is 1. The number of furan rings is 1. The Labute approximate surface area is 202 Å². The Morgan fingerprint density at radius 2 is 2.03 bits per heavy atom. The van der Waals surface area contributed by atoms with E-state index in [-0.39, 0.29) is 0 Å². The standard InChI is InChI=1S/C26H23ClN4O3/c1-33-25(32)26(18-6-3-2-4-7-18)24(23-8-5-15-34-23)31(17-30-26)14-13-29-21-11-12-28-22-16-19(27)9-10-20(21)22/h2-12,15-17,24H,13-14H2,1H3,(H,28,29). The van der Waals surface area contributed by atoms with Gasteiger partial charge in [-0.2, -0.15) is 0 Å². The van der Waals surface area contributed by atoms with Crippen LogP contribution < -0.4 is 5.32 Å². The third-order valence-electron chi connectivity index (χ3n) is 6.05. The number of carbonyl (C=O) groups excluding carboxylic acids is 1. The van der Waals surface area contributed by atoms with E-state index in [1.54, 1.807) is 18.8 Å². The predicted octanol–water partition coefficient (Wildman–Crippen LogP) is 5.05. The molecule has 0 amide bonds. The number of methoxy groups -OCH3 is 1. The summed E-state index contributed by atoms with van der Waals surface area (Å²) in [6.07, 6.45) is 5.07. The molecular formula is C26H23ClN4O3. The molecule has 34 heavy (non-hydrogen) atoms. The number of aromatic nitrogens is 1. The first-order valence-electron chi connectivity index (χ1n) is 10.9. The van der Waals surface area contributed by atoms with Crippen molar-refractivity contribution in [2.45, 2.75) is 11.6 Å². The van der Waals surface area contributed by atoms with Gasteiger partial charge in [0.1, 0.15) is 11.8 Å². The molecule has 0 saturated heterocycles. The van der Waals surface area contributed by atoms with Gasteiger partial charge in [-0.1, -0.05) is 41.9 Å². The number of hydrogen-bond donors (Lipinski definition) is 1. The molecule has 1 aliphatic heterocycles. The Bertz CT molecular complexity index is 1330. The fraction of sp³-hybridized carbons (Fsp3) is 0.192. The molecule has 2 atom stereocenters. The van der Waals surface area contributed by atoms with Crippen molar-refractivity contribution < 1.29 is 13.9 Å². The molecule has 0 bridgehead atoms. The van der Waals surface area contributed by atoms with E-state index in [9.17, 15) is 4.79 Å². The van der Waals surface area contributed by atoms with Gasteiger partial charge in [-0.25, -0.2) is 9.79 Å². The maximum Gasteiger partial charge on any atom is 0.341 e. The third kappa shape index (κ3) is 3.78. The van der Waals surface area contributed by atoms with Gasteiger partial charge in [0.25, 0.3) is 0 Å². The maximum absolute atomic E-state index is 13.2. The van der Waals surface area contributed by atoms with E-state index >= 15 is 0 Å². The van der Waals surface area contributed by atoms with Gasteiger partial charge in [0.15, 0.2) is 0 Å². The minimum atomic E-state index is -1.27. The molecule has 2 aromatic heterocycles. The lowest BCUT2D eigenvalue weighted by atomic mass is 9.82. The van der Waals surface area contributed by atoms with Crippen LogP contribution in [0.3, 0.4) is 0 Å². The highest BCUT2D eigenvalue weighted by Crippen LogP contribution is 2.46. The topological polar surface area (TPSA) is 80.0 Å². The fourth-order valence-corrected chi connectivity index (χ4v) is 4.67. The second kappa shape index (κ2) is 9.19. The lowest BCUT2D eigenvalue weighted by Crippen LogP contribution is -2.44. The Morgan fingerprint density at radius 3 is 2.79 bits per heavy atom. The number of nitrogens with zero attached hydrogens (tertiary/aromatic N) is 3. The van der Waals surface area contributed by atoms with Gasteiger partial charge in [0.2, 0.25) is 5.54 Å². The van der Waals surface area contributed by atoms with Gasteiger partial charge in [0, 0.05) is 35.4 Å². The van der Waals surface area contributed by atoms with Crippen LogP contribution in [0.5, 0.6) is 0 Å². The van der Waals surface area contributed by atoms with Gasteiger partial charge < -0.3 is 19.4 Å². The summed E-state index contributed by atoms with van der Waals surface area (Å²) in [6, 6.07) is 20.2. The molecular weight excluding hydrogens is 452 g/mol. The van der Waals surface area contributed by atoms with E-state index in [1.165, 1.54) is 7.11 Å². The first-order valence-corrected chi connectivity index (χ1v) is 11.3. The summed E-state index contributed by atoms with van der Waals surface area (Å²) in [5.41, 5.74) is 1.25. The van der Waals surface area contributed by atoms with Crippen molar-refractivity contribution in [2.24, 2.45) is 4.99 Å². The van der Waals surface area contributed by atoms with Crippen LogP contribution in [0, 0.1) is 0 Å². The summed E-state index contributed by atoms with van der Waals surface area (Å²) >= 11 is 6.11. The number of benzene rings is 2. The summed E-state index contributed by atoms with van der Waals surface area (Å²) in [4.78, 5) is 24.4. The first-order chi connectivity index (χ1) is 16.6. The summed E-state index contributed by atoms with van der Waals surface area (Å²) in [5, 5.41) is 5.11. The van der Waals surface area contributed by atoms with Crippen LogP contribution in [-0.2, 0) is 15.1 Å². The summed E-state index contributed by atoms with van der Waals surface area (Å²) in [5.74, 6) is 0.194. The zero-order valence-corrected chi connectivity index (χ0v) is 19.3. The second-order valence-corrected chi connectivity index (χ2v) is 8.41. The number of ether oxygens (including phenoxy) is 1. The molecule has 2 unspecified atom stereocenters. The number of pyridine rings is 1. The molecule has 3 heterocycles. The van der Waals surface area contributed by atoms with Gasteiger partial charge in [0.05, 0.1) is 25.2 Å². The average molecular weight is 475 g/mol. The molecule has 1 N–H and O–H groups in total. The smallest absolute Gasteiger partial charge is 0.341 e. The zero-order valence-electron chi connectivity index (χ0n) is 18.5. The minimum absolute atomic E-state index is 0.441. The van der Waals surface area contributed by atoms with Gasteiger partial charge in [-0.15, -0.1) is 0 Å². The van der Waals surface area contributed by atoms with Crippen LogP contribution in [0.4, 0.5) is 5.69 Å². The van der Waals surface area contributed by atoms with E-state index in [0.29, 0.717) is 23.9 Å². The summed E-state index contributed by atoms with van der Waals surface area (Å²) in [7, 11) is 1.38. The lowest BCUT2D eigenvalue weighted by molar-refractivity contribution is -0.149. The van der Waals surface area contributed by atoms with Crippen LogP contribution in [0.2, 0.25) is 5.02 Å². The van der Waals surface area contributed by atoms with Crippen molar-refractivity contribution in [2.75, 3.05) is 25.5 Å². The van der Waals surface area contributed by atoms with E-state index < -0.39 is 17.6 Å². The zero-order chi connectivity index (χ0) is 23.5. The highest BCUT2D eigenvalue weighted by molar-refractivity contribution is 6.31. The highest BCUT2D eigenvalue weighted by atomic mass is 35.5. The normalized spacial score (nSPS) is 19.5. The van der Waals surface area contributed by atoms with Crippen molar-refractivity contribution in [1.29, 1.82) is 0 Å². The average Bonchev–Trinajstić information content (AvgIpc) is 3.52. The minimum Gasteiger partial charge on any atom is -0.467 e. The Morgan fingerprint density at radius 1 is 1.18 bits per heavy atom. The Kier molecular flexibility index (Phi) is 5.94. The van der Waals surface area contributed by atoms with Crippen LogP contribution in [-0.4, -0.2) is 42.4 Å². The van der Waals surface area contributed by atoms with E-state index in [4.69, 9.17) is 25.7 Å². The molecule has 0 spiro atoms. The lowest BCUT2D eigenvalue weighted by Gasteiger charge is -2.34. The molecule has 1 aliphatic rings. The van der Waals surface area contributed by atoms with Crippen molar-refractivity contribution in [3.63, 3.8) is 0 Å². The number of rotatable bonds is 7. The molecule has 172 valence electrons. The number of nitrogens with one attached hydrogen (secondary N) is 1. The maximum atomic E-state index is 13.2. The van der Waals surface area contributed by atoms with Crippen LogP contribution in [0.15, 0.2) is 88.6 Å². The van der Waals surface area contributed by atoms with Crippen molar-refractivity contribution >= 4 is 40.5 Å². The third-order valence-corrected chi connectivity index (χ3v) is 6.29. The van der Waals surface area contributed by atoms with E-state index in [0.717, 1.165) is 22.2 Å². The largest absolute Gasteiger partial charge is 0.467 e. The van der Waals surface area contributed by atoms with Crippen molar-refractivity contribution in [1.82, 2.24) is 9.88 Å². The highest BCUT2D eigenvalue weighted by Gasteiger charge is 2.55. The predicted molar refractivity (Wildman–Crippen MR) is 132 cm³/mol. The molecule has 2 aromatic carbocycles. The van der Waals surface area contributed by atoms with Crippen LogP contribution >= 0.6 is 11.6 Å². The second-order valence-electron chi connectivity index (χ2n) is 7.97. The van der Waals surface area contributed by atoms with Gasteiger partial charge >= 0.3 is 5.97 Å². The van der Waals surface area contributed by atoms with Crippen LogP contribution in [0.1, 0.15) is 17.4 Å². The van der Waals surface area contributed by atoms with E-state index in [1.807, 2.05) is 71.6 Å². The number of aliphatic imine (C=N–C) groups is 1. The number of halogens is 1. The number of esters is 1. The summed E-state index contributed by atoms with van der Waals surface area (Å²) in [6.45, 7) is 1.16. The number of carbonyl (C=O) groups is 1. The molecule has 7 nitrogen and oxygen atoms in total. The van der Waals surface area contributed by atoms with Crippen LogP contribution in [0.25, 0.3) is 10.9 Å². The molecule has 0 radical (unpaired) electrons. The SMILES string of the molecule is COC(=O)C1(c2ccccc2)N=CN(CCNc2ccnc3cc(Cl)ccc23)C1c1ccco1. The summed E-state index contributed by atoms with van der Waals surface area (Å²) < 4.78 is 11.0. The van der Waals surface area contributed by atoms with Gasteiger partial charge in [-0.05, 0) is 42.0 Å². The molecule has 0 aliphatic carbocycles. The Hall–Kier alpha value is -3.84. The molecule has 0 saturated carbocycles. The first kappa shape index (κ1) is 22.0. The Balaban J connectivity index is 1.43. The quantitative estimate of drug-likeness (QED) is 0.378. The molecule has 8 heteroatoms. The fourth-order valence-electron chi connectivity index (χ4n) is 4.50. The molecule has 0 fully saturated rings. The van der Waals surface area contributed by atoms with Crippen molar-refractivity contribution in [3.05, 3.63) is 95.5 Å². The van der Waals surface area contributed by atoms with E-state index in [2.05, 4.69) is 10.3 Å². The molecule has 5 rings (SSSR count). The number of anilines is 1. The number of hydrogen-bond acceptors (Lipinski definition) is 7.